The lowest BCUT2D eigenvalue weighted by molar-refractivity contribution is -0.140. The lowest BCUT2D eigenvalue weighted by Crippen LogP contribution is -2.41. The summed E-state index contributed by atoms with van der Waals surface area (Å²) < 4.78 is 44.8. The van der Waals surface area contributed by atoms with Crippen molar-refractivity contribution in [2.75, 3.05) is 0 Å². The summed E-state index contributed by atoms with van der Waals surface area (Å²) in [6.07, 6.45) is -2.82. The Bertz CT molecular complexity index is 1330. The van der Waals surface area contributed by atoms with Gasteiger partial charge in [0.05, 0.1) is 5.56 Å². The highest BCUT2D eigenvalue weighted by Crippen LogP contribution is 2.33. The van der Waals surface area contributed by atoms with Gasteiger partial charge >= 0.3 is 12.1 Å². The maximum atomic E-state index is 13.0. The number of aryl methyl sites for hydroxylation is 1. The van der Waals surface area contributed by atoms with Crippen molar-refractivity contribution in [2.45, 2.75) is 37.5 Å². The second-order valence-electron chi connectivity index (χ2n) is 9.02. The van der Waals surface area contributed by atoms with Gasteiger partial charge < -0.3 is 9.84 Å². The highest BCUT2D eigenvalue weighted by molar-refractivity contribution is 5.74. The number of hydrogen-bond acceptors (Lipinski definition) is 3. The Kier molecular flexibility index (Phi) is 8.81. The van der Waals surface area contributed by atoms with E-state index in [9.17, 15) is 23.1 Å². The molecule has 1 unspecified atom stereocenters. The summed E-state index contributed by atoms with van der Waals surface area (Å²) in [4.78, 5) is 12.3. The fraction of sp³-hybridized carbons (Fsp3) is 0.194. The first-order valence-electron chi connectivity index (χ1n) is 12.3. The minimum absolute atomic E-state index is 0.0509. The van der Waals surface area contributed by atoms with Crippen LogP contribution < -0.4 is 10.1 Å². The fourth-order valence-electron chi connectivity index (χ4n) is 4.29. The van der Waals surface area contributed by atoms with Crippen molar-refractivity contribution in [3.8, 4) is 11.5 Å². The Labute approximate surface area is 219 Å². The monoisotopic (exact) mass is 519 g/mol. The molecule has 0 spiro atoms. The number of rotatable bonds is 11. The van der Waals surface area contributed by atoms with Gasteiger partial charge in [0.1, 0.15) is 17.5 Å². The second-order valence-corrected chi connectivity index (χ2v) is 9.02. The maximum Gasteiger partial charge on any atom is 0.416 e. The van der Waals surface area contributed by atoms with Gasteiger partial charge in [0.15, 0.2) is 0 Å². The first-order chi connectivity index (χ1) is 18.3. The summed E-state index contributed by atoms with van der Waals surface area (Å²) in [7, 11) is 0. The number of carboxylic acid groups (broad SMARTS) is 1. The molecule has 0 amide bonds. The molecule has 38 heavy (non-hydrogen) atoms. The summed E-state index contributed by atoms with van der Waals surface area (Å²) in [5.74, 6) is -0.612. The molecule has 0 bridgehead atoms. The number of carbonyl (C=O) groups is 1. The van der Waals surface area contributed by atoms with Crippen molar-refractivity contribution in [3.05, 3.63) is 131 Å². The van der Waals surface area contributed by atoms with E-state index in [0.29, 0.717) is 17.7 Å². The minimum atomic E-state index is -4.47. The van der Waals surface area contributed by atoms with E-state index in [1.165, 1.54) is 17.7 Å². The van der Waals surface area contributed by atoms with Gasteiger partial charge in [0, 0.05) is 6.04 Å². The zero-order valence-electron chi connectivity index (χ0n) is 20.6. The van der Waals surface area contributed by atoms with Crippen molar-refractivity contribution in [2.24, 2.45) is 0 Å². The van der Waals surface area contributed by atoms with Gasteiger partial charge in [0.2, 0.25) is 0 Å². The molecule has 0 saturated carbocycles. The summed E-state index contributed by atoms with van der Waals surface area (Å²) in [6, 6.07) is 30.1. The molecule has 4 nitrogen and oxygen atoms in total. The average Bonchev–Trinajstić information content (AvgIpc) is 2.91. The zero-order valence-corrected chi connectivity index (χ0v) is 20.6. The molecule has 0 aliphatic carbocycles. The Morgan fingerprint density at radius 1 is 0.789 bits per heavy atom. The zero-order chi connectivity index (χ0) is 27.0. The highest BCUT2D eigenvalue weighted by atomic mass is 19.4. The molecule has 0 fully saturated rings. The molecule has 7 heteroatoms. The molecule has 2 N–H and O–H groups in total. The van der Waals surface area contributed by atoms with E-state index in [2.05, 4.69) is 5.32 Å². The Balaban J connectivity index is 1.49. The molecule has 4 rings (SSSR count). The normalized spacial score (nSPS) is 13.0. The Morgan fingerprint density at radius 2 is 1.39 bits per heavy atom. The quantitative estimate of drug-likeness (QED) is 0.216. The van der Waals surface area contributed by atoms with Crippen molar-refractivity contribution in [1.82, 2.24) is 5.32 Å². The van der Waals surface area contributed by atoms with E-state index in [-0.39, 0.29) is 18.2 Å². The number of ether oxygens (including phenoxy) is 1. The molecule has 2 atom stereocenters. The van der Waals surface area contributed by atoms with Gasteiger partial charge in [-0.05, 0) is 66.3 Å². The fourth-order valence-corrected chi connectivity index (χ4v) is 4.29. The van der Waals surface area contributed by atoms with Crippen LogP contribution in [0.5, 0.6) is 11.5 Å². The van der Waals surface area contributed by atoms with Gasteiger partial charge in [-0.25, -0.2) is 0 Å². The molecule has 4 aromatic carbocycles. The maximum absolute atomic E-state index is 13.0. The lowest BCUT2D eigenvalue weighted by atomic mass is 9.96. The van der Waals surface area contributed by atoms with Crippen LogP contribution in [0.4, 0.5) is 13.2 Å². The molecular weight excluding hydrogens is 491 g/mol. The molecular formula is C31H28F3NO3. The van der Waals surface area contributed by atoms with Crippen LogP contribution in [0.1, 0.15) is 34.7 Å². The third-order valence-electron chi connectivity index (χ3n) is 6.20. The van der Waals surface area contributed by atoms with E-state index in [0.717, 1.165) is 24.1 Å². The van der Waals surface area contributed by atoms with E-state index in [1.807, 2.05) is 60.7 Å². The minimum Gasteiger partial charge on any atom is -0.480 e. The Morgan fingerprint density at radius 3 is 2.05 bits per heavy atom. The van der Waals surface area contributed by atoms with Crippen LogP contribution in [0.15, 0.2) is 109 Å². The standard InChI is InChI=1S/C31H28F3NO3/c32-31(33,34)25-14-8-16-27(21-25)38-26-15-7-11-23(19-26)20-29(30(36)37)35-28(24-12-5-2-6-13-24)18-17-22-9-3-1-4-10-22/h1-16,19,21,28-29,35H,17-18,20H2,(H,36,37)/t28-,29?/m1/s1. The van der Waals surface area contributed by atoms with Crippen LogP contribution in [-0.4, -0.2) is 17.1 Å². The summed E-state index contributed by atoms with van der Waals surface area (Å²) in [6.45, 7) is 0. The number of benzene rings is 4. The largest absolute Gasteiger partial charge is 0.480 e. The first kappa shape index (κ1) is 26.9. The summed E-state index contributed by atoms with van der Waals surface area (Å²) in [5.41, 5.74) is 2.05. The van der Waals surface area contributed by atoms with Gasteiger partial charge in [-0.15, -0.1) is 0 Å². The van der Waals surface area contributed by atoms with E-state index >= 15 is 0 Å². The van der Waals surface area contributed by atoms with Crippen LogP contribution in [0.25, 0.3) is 0 Å². The van der Waals surface area contributed by atoms with Gasteiger partial charge in [-0.1, -0.05) is 78.9 Å². The molecule has 196 valence electrons. The predicted octanol–water partition coefficient (Wildman–Crippen LogP) is 7.46. The van der Waals surface area contributed by atoms with Crippen LogP contribution >= 0.6 is 0 Å². The van der Waals surface area contributed by atoms with E-state index in [1.54, 1.807) is 24.3 Å². The van der Waals surface area contributed by atoms with Gasteiger partial charge in [-0.3, -0.25) is 10.1 Å². The van der Waals surface area contributed by atoms with Crippen molar-refractivity contribution < 1.29 is 27.8 Å². The number of nitrogens with one attached hydrogen (secondary N) is 1. The molecule has 4 aromatic rings. The van der Waals surface area contributed by atoms with E-state index in [4.69, 9.17) is 4.74 Å². The average molecular weight is 520 g/mol. The van der Waals surface area contributed by atoms with Crippen molar-refractivity contribution in [3.63, 3.8) is 0 Å². The molecule has 0 aliphatic rings. The van der Waals surface area contributed by atoms with Crippen LogP contribution in [-0.2, 0) is 23.8 Å². The smallest absolute Gasteiger partial charge is 0.416 e. The van der Waals surface area contributed by atoms with E-state index < -0.39 is 23.8 Å². The highest BCUT2D eigenvalue weighted by Gasteiger charge is 2.30. The second kappa shape index (κ2) is 12.4. The molecule has 0 saturated heterocycles. The van der Waals surface area contributed by atoms with Gasteiger partial charge in [-0.2, -0.15) is 13.2 Å². The van der Waals surface area contributed by atoms with Crippen LogP contribution in [0, 0.1) is 0 Å². The molecule has 0 aromatic heterocycles. The van der Waals surface area contributed by atoms with Crippen LogP contribution in [0.2, 0.25) is 0 Å². The number of halogens is 3. The molecule has 0 radical (unpaired) electrons. The van der Waals surface area contributed by atoms with Crippen LogP contribution in [0.3, 0.4) is 0 Å². The Hall–Kier alpha value is -4.10. The lowest BCUT2D eigenvalue weighted by Gasteiger charge is -2.24. The van der Waals surface area contributed by atoms with Crippen molar-refractivity contribution >= 4 is 5.97 Å². The summed E-state index contributed by atoms with van der Waals surface area (Å²) >= 11 is 0. The predicted molar refractivity (Wildman–Crippen MR) is 140 cm³/mol. The van der Waals surface area contributed by atoms with Crippen molar-refractivity contribution in [1.29, 1.82) is 0 Å². The first-order valence-corrected chi connectivity index (χ1v) is 12.3. The molecule has 0 heterocycles. The van der Waals surface area contributed by atoms with Gasteiger partial charge in [0.25, 0.3) is 0 Å². The third kappa shape index (κ3) is 7.70. The number of carboxylic acids is 1. The molecule has 0 aliphatic heterocycles. The SMILES string of the molecule is O=C(O)C(Cc1cccc(Oc2cccc(C(F)(F)F)c2)c1)N[C@H](CCc1ccccc1)c1ccccc1. The number of hydrogen-bond donors (Lipinski definition) is 2. The number of alkyl halides is 3. The topological polar surface area (TPSA) is 58.6 Å². The summed E-state index contributed by atoms with van der Waals surface area (Å²) in [5, 5.41) is 13.3. The third-order valence-corrected chi connectivity index (χ3v) is 6.20. The number of aliphatic carboxylic acids is 1.